The van der Waals surface area contributed by atoms with E-state index in [2.05, 4.69) is 53.3 Å². The van der Waals surface area contributed by atoms with Gasteiger partial charge in [-0.1, -0.05) is 24.3 Å². The highest BCUT2D eigenvalue weighted by Gasteiger charge is 2.37. The van der Waals surface area contributed by atoms with Crippen LogP contribution in [0.3, 0.4) is 0 Å². The summed E-state index contributed by atoms with van der Waals surface area (Å²) in [6.45, 7) is 8.81. The molecule has 0 spiro atoms. The fourth-order valence-corrected chi connectivity index (χ4v) is 7.26. The van der Waals surface area contributed by atoms with E-state index in [0.717, 1.165) is 86.9 Å². The number of nitrogens with one attached hydrogen (secondary N) is 2. The molecule has 4 aliphatic rings. The third-order valence-corrected chi connectivity index (χ3v) is 9.73. The lowest BCUT2D eigenvalue weighted by Crippen LogP contribution is -2.25. The number of hydrogen-bond acceptors (Lipinski definition) is 8. The maximum absolute atomic E-state index is 12.4. The van der Waals surface area contributed by atoms with Crippen LogP contribution in [-0.2, 0) is 0 Å². The molecule has 0 radical (unpaired) electrons. The number of benzene rings is 2. The first-order chi connectivity index (χ1) is 22.8. The van der Waals surface area contributed by atoms with Crippen LogP contribution in [0.4, 0.5) is 24.5 Å². The van der Waals surface area contributed by atoms with Gasteiger partial charge in [0.1, 0.15) is 11.5 Å². The Balaban J connectivity index is 0.000000151. The van der Waals surface area contributed by atoms with E-state index in [4.69, 9.17) is 4.74 Å². The topological polar surface area (TPSA) is 74.8 Å². The minimum atomic E-state index is -4.70. The second kappa shape index (κ2) is 13.4. The molecule has 11 heteroatoms. The fourth-order valence-electron chi connectivity index (χ4n) is 7.26. The van der Waals surface area contributed by atoms with Crippen molar-refractivity contribution in [3.63, 3.8) is 0 Å². The lowest BCUT2D eigenvalue weighted by atomic mass is 10.0. The number of halogens is 3. The third-order valence-electron chi connectivity index (χ3n) is 9.73. The summed E-state index contributed by atoms with van der Waals surface area (Å²) >= 11 is 0. The second-order valence-electron chi connectivity index (χ2n) is 12.8. The molecule has 8 nitrogen and oxygen atoms in total. The molecule has 0 bridgehead atoms. The van der Waals surface area contributed by atoms with Gasteiger partial charge < -0.3 is 29.9 Å². The summed E-state index contributed by atoms with van der Waals surface area (Å²) in [6.07, 6.45) is -0.900. The van der Waals surface area contributed by atoms with Gasteiger partial charge in [0.05, 0.1) is 42.3 Å². The smallest absolute Gasteiger partial charge is 0.497 e. The number of hydrogen-bond donors (Lipinski definition) is 2. The molecular formula is C36H39F3N6O2. The first-order valence-electron chi connectivity index (χ1n) is 16.2. The quantitative estimate of drug-likeness (QED) is 0.277. The van der Waals surface area contributed by atoms with Gasteiger partial charge in [-0.2, -0.15) is 0 Å². The molecule has 0 amide bonds. The van der Waals surface area contributed by atoms with Crippen molar-refractivity contribution in [1.82, 2.24) is 20.6 Å². The van der Waals surface area contributed by atoms with Crippen molar-refractivity contribution in [2.24, 2.45) is 23.7 Å². The number of ether oxygens (including phenoxy) is 2. The van der Waals surface area contributed by atoms with Crippen LogP contribution in [0.2, 0.25) is 0 Å². The Morgan fingerprint density at radius 3 is 1.49 bits per heavy atom. The molecule has 6 heterocycles. The van der Waals surface area contributed by atoms with Gasteiger partial charge in [0.25, 0.3) is 0 Å². The average molecular weight is 645 g/mol. The van der Waals surface area contributed by atoms with Gasteiger partial charge in [-0.3, -0.25) is 9.97 Å². The zero-order valence-electron chi connectivity index (χ0n) is 26.3. The normalized spacial score (nSPS) is 23.2. The summed E-state index contributed by atoms with van der Waals surface area (Å²) in [5.74, 6) is 3.61. The molecule has 4 aromatic rings. The number of alkyl halides is 3. The van der Waals surface area contributed by atoms with Gasteiger partial charge in [0.2, 0.25) is 0 Å². The van der Waals surface area contributed by atoms with Crippen LogP contribution >= 0.6 is 0 Å². The molecule has 47 heavy (non-hydrogen) atoms. The Labute approximate surface area is 272 Å². The van der Waals surface area contributed by atoms with Crippen molar-refractivity contribution in [2.75, 3.05) is 69.3 Å². The van der Waals surface area contributed by atoms with E-state index in [9.17, 15) is 13.2 Å². The van der Waals surface area contributed by atoms with Crippen molar-refractivity contribution in [1.29, 1.82) is 0 Å². The average Bonchev–Trinajstić information content (AvgIpc) is 3.87. The van der Waals surface area contributed by atoms with E-state index in [-0.39, 0.29) is 5.75 Å². The van der Waals surface area contributed by atoms with Crippen molar-refractivity contribution < 1.29 is 22.6 Å². The molecule has 2 N–H and O–H groups in total. The molecule has 8 rings (SSSR count). The Hall–Kier alpha value is -4.35. The molecule has 4 fully saturated rings. The molecule has 0 saturated carbocycles. The van der Waals surface area contributed by atoms with Gasteiger partial charge >= 0.3 is 6.36 Å². The predicted molar refractivity (Wildman–Crippen MR) is 177 cm³/mol. The van der Waals surface area contributed by atoms with Gasteiger partial charge in [-0.15, -0.1) is 13.2 Å². The first-order valence-corrected chi connectivity index (χ1v) is 16.2. The Morgan fingerprint density at radius 2 is 1.09 bits per heavy atom. The Bertz CT molecular complexity index is 1630. The summed E-state index contributed by atoms with van der Waals surface area (Å²) < 4.78 is 46.3. The van der Waals surface area contributed by atoms with Crippen LogP contribution in [0.5, 0.6) is 11.5 Å². The molecular weight excluding hydrogens is 605 g/mol. The van der Waals surface area contributed by atoms with Crippen LogP contribution in [0.25, 0.3) is 22.5 Å². The Kier molecular flexibility index (Phi) is 8.92. The number of methoxy groups -OCH3 is 1. The van der Waals surface area contributed by atoms with Crippen LogP contribution in [0.15, 0.2) is 85.2 Å². The third kappa shape index (κ3) is 7.31. The number of rotatable bonds is 6. The molecule has 2 aromatic heterocycles. The van der Waals surface area contributed by atoms with E-state index >= 15 is 0 Å². The highest BCUT2D eigenvalue weighted by molar-refractivity contribution is 5.64. The molecule has 4 saturated heterocycles. The maximum Gasteiger partial charge on any atom is 0.573 e. The monoisotopic (exact) mass is 644 g/mol. The van der Waals surface area contributed by atoms with Crippen molar-refractivity contribution >= 4 is 11.4 Å². The van der Waals surface area contributed by atoms with E-state index < -0.39 is 6.36 Å². The maximum atomic E-state index is 12.4. The number of nitrogens with zero attached hydrogens (tertiary/aromatic N) is 4. The predicted octanol–water partition coefficient (Wildman–Crippen LogP) is 5.72. The molecule has 0 aliphatic carbocycles. The SMILES string of the molecule is COc1cccc(-c2ccc(N3CC4CNCC4C3)cn2)c1.FC(F)(F)Oc1cccc(-c2ccc(N3CC4CNCC4C3)cn2)c1. The molecule has 4 atom stereocenters. The van der Waals surface area contributed by atoms with Crippen molar-refractivity contribution in [2.45, 2.75) is 6.36 Å². The van der Waals surface area contributed by atoms with Crippen LogP contribution in [-0.4, -0.2) is 75.8 Å². The first kappa shape index (κ1) is 31.3. The standard InChI is InChI=1S/C18H18F3N3O.C18H21N3O/c19-18(20,21)25-16-3-1-2-12(6-16)17-5-4-15(9-23-17)24-10-13-7-22-8-14(13)11-24;1-22-17-4-2-3-13(7-17)18-6-5-16(10-20-18)21-11-14-8-19-9-15(14)12-21/h1-6,9,13-14,22H,7-8,10-11H2;2-7,10,14-15,19H,8-9,11-12H2,1H3. The largest absolute Gasteiger partial charge is 0.573 e. The van der Waals surface area contributed by atoms with Gasteiger partial charge in [0, 0.05) is 63.5 Å². The van der Waals surface area contributed by atoms with E-state index in [1.165, 1.54) is 23.9 Å². The zero-order chi connectivity index (χ0) is 32.4. The minimum absolute atomic E-state index is 0.240. The molecule has 246 valence electrons. The van der Waals surface area contributed by atoms with Crippen LogP contribution < -0.4 is 29.9 Å². The summed E-state index contributed by atoms with van der Waals surface area (Å²) in [6, 6.07) is 22.0. The summed E-state index contributed by atoms with van der Waals surface area (Å²) in [5, 5.41) is 6.90. The highest BCUT2D eigenvalue weighted by Crippen LogP contribution is 2.33. The summed E-state index contributed by atoms with van der Waals surface area (Å²) in [5.41, 5.74) is 5.59. The number of fused-ring (bicyclic) bond motifs is 2. The van der Waals surface area contributed by atoms with Gasteiger partial charge in [0.15, 0.2) is 0 Å². The zero-order valence-corrected chi connectivity index (χ0v) is 26.3. The molecule has 4 unspecified atom stereocenters. The van der Waals surface area contributed by atoms with Crippen LogP contribution in [0, 0.1) is 23.7 Å². The highest BCUT2D eigenvalue weighted by atomic mass is 19.4. The van der Waals surface area contributed by atoms with Gasteiger partial charge in [-0.25, -0.2) is 0 Å². The number of pyridine rings is 2. The van der Waals surface area contributed by atoms with Gasteiger partial charge in [-0.05, 0) is 72.2 Å². The van der Waals surface area contributed by atoms with Crippen LogP contribution in [0.1, 0.15) is 0 Å². The van der Waals surface area contributed by atoms with E-state index in [0.29, 0.717) is 23.1 Å². The molecule has 4 aliphatic heterocycles. The lowest BCUT2D eigenvalue weighted by molar-refractivity contribution is -0.274. The number of aromatic nitrogens is 2. The second-order valence-corrected chi connectivity index (χ2v) is 12.8. The van der Waals surface area contributed by atoms with E-state index in [1.54, 1.807) is 19.4 Å². The fraction of sp³-hybridized carbons (Fsp3) is 0.389. The summed E-state index contributed by atoms with van der Waals surface area (Å²) in [4.78, 5) is 13.9. The minimum Gasteiger partial charge on any atom is -0.497 e. The van der Waals surface area contributed by atoms with E-state index in [1.807, 2.05) is 36.5 Å². The van der Waals surface area contributed by atoms with Crippen molar-refractivity contribution in [3.8, 4) is 34.0 Å². The number of anilines is 2. The summed E-state index contributed by atoms with van der Waals surface area (Å²) in [7, 11) is 1.69. The molecule has 2 aromatic carbocycles. The Morgan fingerprint density at radius 1 is 0.638 bits per heavy atom. The van der Waals surface area contributed by atoms with Crippen molar-refractivity contribution in [3.05, 3.63) is 85.2 Å². The lowest BCUT2D eigenvalue weighted by Gasteiger charge is -2.19.